The third kappa shape index (κ3) is 2.91. The highest BCUT2D eigenvalue weighted by Gasteiger charge is 2.31. The number of para-hydroxylation sites is 1. The normalized spacial score (nSPS) is 21.8. The highest BCUT2D eigenvalue weighted by atomic mass is 16.2. The lowest BCUT2D eigenvalue weighted by molar-refractivity contribution is 0.179. The molecule has 114 valence electrons. The Morgan fingerprint density at radius 3 is 3.05 bits per heavy atom. The number of nitrogens with one attached hydrogen (secondary N) is 1. The van der Waals surface area contributed by atoms with E-state index in [1.54, 1.807) is 0 Å². The van der Waals surface area contributed by atoms with E-state index in [0.29, 0.717) is 6.04 Å². The Bertz CT molecular complexity index is 495. The zero-order valence-corrected chi connectivity index (χ0v) is 12.8. The second-order valence-corrected chi connectivity index (χ2v) is 5.93. The fourth-order valence-electron chi connectivity index (χ4n) is 3.55. The molecule has 0 aromatic heterocycles. The number of nitrogens with zero attached hydrogens (tertiary/aromatic N) is 2. The molecule has 1 aromatic carbocycles. The van der Waals surface area contributed by atoms with Gasteiger partial charge in [0.15, 0.2) is 0 Å². The van der Waals surface area contributed by atoms with Gasteiger partial charge in [-0.2, -0.15) is 0 Å². The van der Waals surface area contributed by atoms with Crippen LogP contribution in [-0.2, 0) is 6.42 Å². The first-order chi connectivity index (χ1) is 10.3. The van der Waals surface area contributed by atoms with Crippen LogP contribution in [0.3, 0.4) is 0 Å². The van der Waals surface area contributed by atoms with Crippen molar-refractivity contribution in [2.24, 2.45) is 0 Å². The molecule has 1 N–H and O–H groups in total. The summed E-state index contributed by atoms with van der Waals surface area (Å²) in [7, 11) is 0. The van der Waals surface area contributed by atoms with Crippen molar-refractivity contribution in [1.29, 1.82) is 0 Å². The summed E-state index contributed by atoms with van der Waals surface area (Å²) in [5.41, 5.74) is 2.40. The minimum Gasteiger partial charge on any atom is -0.322 e. The lowest BCUT2D eigenvalue weighted by Gasteiger charge is -2.33. The van der Waals surface area contributed by atoms with Gasteiger partial charge in [0, 0.05) is 24.8 Å². The van der Waals surface area contributed by atoms with Gasteiger partial charge in [0.2, 0.25) is 0 Å². The monoisotopic (exact) mass is 287 g/mol. The average Bonchev–Trinajstić information content (AvgIpc) is 2.76. The van der Waals surface area contributed by atoms with Gasteiger partial charge in [0.1, 0.15) is 0 Å². The maximum absolute atomic E-state index is 13.0. The third-order valence-corrected chi connectivity index (χ3v) is 4.69. The van der Waals surface area contributed by atoms with Gasteiger partial charge in [0.25, 0.3) is 0 Å². The van der Waals surface area contributed by atoms with Crippen molar-refractivity contribution in [1.82, 2.24) is 10.2 Å². The van der Waals surface area contributed by atoms with Crippen molar-refractivity contribution in [2.45, 2.75) is 38.6 Å². The van der Waals surface area contributed by atoms with Gasteiger partial charge in [0.05, 0.1) is 0 Å². The zero-order valence-electron chi connectivity index (χ0n) is 12.8. The van der Waals surface area contributed by atoms with Crippen molar-refractivity contribution >= 4 is 11.7 Å². The molecule has 1 aromatic rings. The molecule has 0 unspecified atom stereocenters. The predicted molar refractivity (Wildman–Crippen MR) is 85.8 cm³/mol. The third-order valence-electron chi connectivity index (χ3n) is 4.69. The molecule has 0 bridgehead atoms. The van der Waals surface area contributed by atoms with E-state index >= 15 is 0 Å². The number of carbonyl (C=O) groups excluding carboxylic acids is 1. The Hall–Kier alpha value is -1.55. The van der Waals surface area contributed by atoms with Crippen LogP contribution in [-0.4, -0.2) is 43.2 Å². The predicted octanol–water partition coefficient (Wildman–Crippen LogP) is 2.63. The highest BCUT2D eigenvalue weighted by molar-refractivity contribution is 5.94. The molecule has 2 heterocycles. The van der Waals surface area contributed by atoms with E-state index in [9.17, 15) is 4.79 Å². The van der Waals surface area contributed by atoms with Crippen molar-refractivity contribution in [2.75, 3.05) is 31.1 Å². The molecule has 1 saturated heterocycles. The summed E-state index contributed by atoms with van der Waals surface area (Å²) in [5, 5.41) is 3.43. The molecule has 0 spiro atoms. The summed E-state index contributed by atoms with van der Waals surface area (Å²) >= 11 is 0. The van der Waals surface area contributed by atoms with Crippen LogP contribution in [0, 0.1) is 0 Å². The first-order valence-corrected chi connectivity index (χ1v) is 8.18. The van der Waals surface area contributed by atoms with Gasteiger partial charge in [-0.05, 0) is 57.3 Å². The highest BCUT2D eigenvalue weighted by Crippen LogP contribution is 2.29. The van der Waals surface area contributed by atoms with Crippen molar-refractivity contribution in [3.05, 3.63) is 29.8 Å². The van der Waals surface area contributed by atoms with Crippen LogP contribution >= 0.6 is 0 Å². The van der Waals surface area contributed by atoms with Crippen molar-refractivity contribution < 1.29 is 4.79 Å². The number of hydrogen-bond acceptors (Lipinski definition) is 2. The SMILES string of the molecule is CCN(C(=O)N1CCc2ccccc21)[C@@H]1CCCNCC1. The molecule has 1 fully saturated rings. The van der Waals surface area contributed by atoms with Crippen LogP contribution in [0.1, 0.15) is 31.7 Å². The van der Waals surface area contributed by atoms with Crippen LogP contribution in [0.15, 0.2) is 24.3 Å². The Morgan fingerprint density at radius 2 is 2.19 bits per heavy atom. The summed E-state index contributed by atoms with van der Waals surface area (Å²) in [5.74, 6) is 0. The largest absolute Gasteiger partial charge is 0.324 e. The molecule has 4 heteroatoms. The molecule has 3 rings (SSSR count). The lowest BCUT2D eigenvalue weighted by Crippen LogP contribution is -2.48. The fraction of sp³-hybridized carbons (Fsp3) is 0.588. The van der Waals surface area contributed by atoms with Crippen LogP contribution in [0.5, 0.6) is 0 Å². The van der Waals surface area contributed by atoms with E-state index < -0.39 is 0 Å². The quantitative estimate of drug-likeness (QED) is 0.907. The second-order valence-electron chi connectivity index (χ2n) is 5.93. The first kappa shape index (κ1) is 14.4. The molecule has 21 heavy (non-hydrogen) atoms. The number of carbonyl (C=O) groups is 1. The van der Waals surface area contributed by atoms with Gasteiger partial charge in [-0.25, -0.2) is 4.79 Å². The van der Waals surface area contributed by atoms with E-state index in [-0.39, 0.29) is 6.03 Å². The summed E-state index contributed by atoms with van der Waals surface area (Å²) in [6.45, 7) is 5.81. The summed E-state index contributed by atoms with van der Waals surface area (Å²) < 4.78 is 0. The fourth-order valence-corrected chi connectivity index (χ4v) is 3.55. The maximum Gasteiger partial charge on any atom is 0.324 e. The number of urea groups is 1. The minimum absolute atomic E-state index is 0.189. The molecule has 0 radical (unpaired) electrons. The van der Waals surface area contributed by atoms with Crippen LogP contribution < -0.4 is 10.2 Å². The molecular formula is C17H25N3O. The van der Waals surface area contributed by atoms with E-state index in [4.69, 9.17) is 0 Å². The molecule has 0 saturated carbocycles. The van der Waals surface area contributed by atoms with Crippen LogP contribution in [0.2, 0.25) is 0 Å². The van der Waals surface area contributed by atoms with Gasteiger partial charge >= 0.3 is 6.03 Å². The Balaban J connectivity index is 1.76. The van der Waals surface area contributed by atoms with E-state index in [1.807, 2.05) is 11.0 Å². The van der Waals surface area contributed by atoms with Gasteiger partial charge in [-0.15, -0.1) is 0 Å². The topological polar surface area (TPSA) is 35.6 Å². The Kier molecular flexibility index (Phi) is 4.44. The molecule has 2 amide bonds. The minimum atomic E-state index is 0.189. The molecule has 4 nitrogen and oxygen atoms in total. The second kappa shape index (κ2) is 6.48. The number of benzene rings is 1. The van der Waals surface area contributed by atoms with E-state index in [2.05, 4.69) is 35.3 Å². The van der Waals surface area contributed by atoms with Gasteiger partial charge < -0.3 is 10.2 Å². The van der Waals surface area contributed by atoms with Crippen molar-refractivity contribution in [3.8, 4) is 0 Å². The summed E-state index contributed by atoms with van der Waals surface area (Å²) in [6.07, 6.45) is 4.31. The summed E-state index contributed by atoms with van der Waals surface area (Å²) in [6, 6.07) is 8.86. The smallest absolute Gasteiger partial charge is 0.322 e. The Labute approximate surface area is 127 Å². The van der Waals surface area contributed by atoms with Gasteiger partial charge in [-0.3, -0.25) is 4.90 Å². The molecule has 2 aliphatic heterocycles. The van der Waals surface area contributed by atoms with Crippen LogP contribution in [0.25, 0.3) is 0 Å². The summed E-state index contributed by atoms with van der Waals surface area (Å²) in [4.78, 5) is 17.0. The number of hydrogen-bond donors (Lipinski definition) is 1. The number of anilines is 1. The lowest BCUT2D eigenvalue weighted by atomic mass is 10.1. The average molecular weight is 287 g/mol. The molecular weight excluding hydrogens is 262 g/mol. The first-order valence-electron chi connectivity index (χ1n) is 8.18. The molecule has 0 aliphatic carbocycles. The standard InChI is InChI=1S/C17H25N3O/c1-2-19(15-7-5-11-18-12-9-15)17(21)20-13-10-14-6-3-4-8-16(14)20/h3-4,6,8,15,18H,2,5,7,9-13H2,1H3/t15-/m1/s1. The van der Waals surface area contributed by atoms with Crippen molar-refractivity contribution in [3.63, 3.8) is 0 Å². The molecule has 2 aliphatic rings. The van der Waals surface area contributed by atoms with Crippen LogP contribution in [0.4, 0.5) is 10.5 Å². The van der Waals surface area contributed by atoms with E-state index in [1.165, 1.54) is 5.56 Å². The molecule has 1 atom stereocenters. The van der Waals surface area contributed by atoms with E-state index in [0.717, 1.165) is 57.5 Å². The number of rotatable bonds is 2. The maximum atomic E-state index is 13.0. The number of fused-ring (bicyclic) bond motifs is 1. The number of amides is 2. The zero-order chi connectivity index (χ0) is 14.7. The Morgan fingerprint density at radius 1 is 1.33 bits per heavy atom. The van der Waals surface area contributed by atoms with Gasteiger partial charge in [-0.1, -0.05) is 18.2 Å².